The molecule has 4 aromatic carbocycles. The van der Waals surface area contributed by atoms with Gasteiger partial charge in [0.2, 0.25) is 0 Å². The first kappa shape index (κ1) is 24.2. The Bertz CT molecular complexity index is 1210. The highest BCUT2D eigenvalue weighted by atomic mass is 16.5. The molecule has 0 radical (unpaired) electrons. The minimum Gasteiger partial charge on any atom is -0.493 e. The van der Waals surface area contributed by atoms with Crippen molar-refractivity contribution in [1.29, 1.82) is 0 Å². The van der Waals surface area contributed by atoms with Crippen LogP contribution < -0.4 is 24.7 Å². The molecule has 0 aliphatic rings. The van der Waals surface area contributed by atoms with E-state index in [0.717, 1.165) is 22.3 Å². The zero-order valence-corrected chi connectivity index (χ0v) is 20.1. The van der Waals surface area contributed by atoms with Crippen molar-refractivity contribution in [2.24, 2.45) is 5.73 Å². The molecule has 5 nitrogen and oxygen atoms in total. The number of methoxy groups -OCH3 is 2. The van der Waals surface area contributed by atoms with E-state index >= 15 is 0 Å². The lowest BCUT2D eigenvalue weighted by molar-refractivity contribution is 0.283. The molecule has 0 heterocycles. The molecule has 0 aromatic heterocycles. The van der Waals surface area contributed by atoms with Gasteiger partial charge < -0.3 is 24.7 Å². The molecule has 35 heavy (non-hydrogen) atoms. The molecule has 0 fully saturated rings. The maximum atomic E-state index is 6.61. The molecule has 180 valence electrons. The zero-order valence-electron chi connectivity index (χ0n) is 20.1. The summed E-state index contributed by atoms with van der Waals surface area (Å²) in [5.41, 5.74) is 10.8. The third-order valence-electron chi connectivity index (χ3n) is 5.77. The summed E-state index contributed by atoms with van der Waals surface area (Å²) >= 11 is 0. The van der Waals surface area contributed by atoms with E-state index < -0.39 is 0 Å². The van der Waals surface area contributed by atoms with Crippen LogP contribution >= 0.6 is 0 Å². The topological polar surface area (TPSA) is 62.9 Å². The Morgan fingerprint density at radius 3 is 1.63 bits per heavy atom. The predicted molar refractivity (Wildman–Crippen MR) is 138 cm³/mol. The van der Waals surface area contributed by atoms with Crippen LogP contribution in [0.2, 0.25) is 0 Å². The Balaban J connectivity index is 1.47. The fourth-order valence-corrected chi connectivity index (χ4v) is 3.84. The van der Waals surface area contributed by atoms with Gasteiger partial charge in [0.1, 0.15) is 13.2 Å². The van der Waals surface area contributed by atoms with E-state index in [1.165, 1.54) is 0 Å². The number of benzene rings is 4. The monoisotopic (exact) mass is 469 g/mol. The average molecular weight is 470 g/mol. The van der Waals surface area contributed by atoms with Gasteiger partial charge in [0.05, 0.1) is 14.2 Å². The van der Waals surface area contributed by atoms with Crippen molar-refractivity contribution in [3.05, 3.63) is 119 Å². The minimum atomic E-state index is -0.227. The van der Waals surface area contributed by atoms with Crippen LogP contribution in [0, 0.1) is 0 Å². The van der Waals surface area contributed by atoms with Crippen LogP contribution in [-0.4, -0.2) is 14.2 Å². The summed E-state index contributed by atoms with van der Waals surface area (Å²) in [5.74, 6) is 2.74. The quantitative estimate of drug-likeness (QED) is 0.287. The van der Waals surface area contributed by atoms with Crippen LogP contribution in [0.25, 0.3) is 0 Å². The number of rotatable bonds is 11. The number of hydrogen-bond acceptors (Lipinski definition) is 5. The van der Waals surface area contributed by atoms with Crippen molar-refractivity contribution in [1.82, 2.24) is 0 Å². The van der Waals surface area contributed by atoms with E-state index in [9.17, 15) is 0 Å². The van der Waals surface area contributed by atoms with Crippen molar-refractivity contribution in [2.75, 3.05) is 14.2 Å². The van der Waals surface area contributed by atoms with Crippen LogP contribution in [0.15, 0.2) is 97.1 Å². The van der Waals surface area contributed by atoms with Gasteiger partial charge in [-0.15, -0.1) is 0 Å². The zero-order chi connectivity index (χ0) is 24.5. The van der Waals surface area contributed by atoms with Gasteiger partial charge in [-0.25, -0.2) is 0 Å². The summed E-state index contributed by atoms with van der Waals surface area (Å²) in [4.78, 5) is 0. The summed E-state index contributed by atoms with van der Waals surface area (Å²) in [6.07, 6.45) is 0.635. The van der Waals surface area contributed by atoms with Crippen LogP contribution in [0.5, 0.6) is 23.0 Å². The normalized spacial score (nSPS) is 11.5. The van der Waals surface area contributed by atoms with E-state index in [-0.39, 0.29) is 6.04 Å². The van der Waals surface area contributed by atoms with Crippen molar-refractivity contribution in [2.45, 2.75) is 25.7 Å². The molecule has 1 atom stereocenters. The van der Waals surface area contributed by atoms with Gasteiger partial charge in [0, 0.05) is 6.04 Å². The van der Waals surface area contributed by atoms with Gasteiger partial charge in [-0.2, -0.15) is 0 Å². The van der Waals surface area contributed by atoms with Crippen molar-refractivity contribution in [3.8, 4) is 23.0 Å². The summed E-state index contributed by atoms with van der Waals surface area (Å²) in [7, 11) is 3.28. The van der Waals surface area contributed by atoms with Crippen molar-refractivity contribution in [3.63, 3.8) is 0 Å². The lowest BCUT2D eigenvalue weighted by Gasteiger charge is -2.17. The molecule has 0 bridgehead atoms. The molecule has 0 unspecified atom stereocenters. The molecular formula is C30H31NO4. The fourth-order valence-electron chi connectivity index (χ4n) is 3.84. The lowest BCUT2D eigenvalue weighted by atomic mass is 9.99. The fraction of sp³-hybridized carbons (Fsp3) is 0.200. The largest absolute Gasteiger partial charge is 0.493 e. The van der Waals surface area contributed by atoms with Gasteiger partial charge in [-0.3, -0.25) is 0 Å². The number of hydrogen-bond donors (Lipinski definition) is 1. The summed E-state index contributed by atoms with van der Waals surface area (Å²) in [6.45, 7) is 0.920. The first-order chi connectivity index (χ1) is 17.2. The van der Waals surface area contributed by atoms with E-state index in [1.807, 2.05) is 97.1 Å². The molecule has 5 heteroatoms. The molecular weight excluding hydrogens is 438 g/mol. The highest BCUT2D eigenvalue weighted by molar-refractivity contribution is 5.46. The second-order valence-electron chi connectivity index (χ2n) is 8.25. The van der Waals surface area contributed by atoms with Crippen molar-refractivity contribution >= 4 is 0 Å². The van der Waals surface area contributed by atoms with Crippen molar-refractivity contribution < 1.29 is 18.9 Å². The van der Waals surface area contributed by atoms with Crippen LogP contribution in [0.4, 0.5) is 0 Å². The third kappa shape index (κ3) is 6.55. The molecule has 0 amide bonds. The molecule has 0 saturated carbocycles. The molecule has 0 aliphatic carbocycles. The van der Waals surface area contributed by atoms with Gasteiger partial charge in [0.25, 0.3) is 0 Å². The lowest BCUT2D eigenvalue weighted by Crippen LogP contribution is -2.14. The predicted octanol–water partition coefficient (Wildman–Crippen LogP) is 6.10. The van der Waals surface area contributed by atoms with Gasteiger partial charge in [-0.05, 0) is 52.9 Å². The van der Waals surface area contributed by atoms with E-state index in [4.69, 9.17) is 24.7 Å². The SMILES string of the molecule is COc1ccc(C[C@H](N)c2ccc(OC)c(OCc3ccccc3)c2)cc1OCc1ccccc1. The highest BCUT2D eigenvalue weighted by Crippen LogP contribution is 2.33. The van der Waals surface area contributed by atoms with Crippen LogP contribution in [-0.2, 0) is 19.6 Å². The van der Waals surface area contributed by atoms with Crippen LogP contribution in [0.1, 0.15) is 28.3 Å². The third-order valence-corrected chi connectivity index (χ3v) is 5.77. The molecule has 0 spiro atoms. The Hall–Kier alpha value is -3.96. The van der Waals surface area contributed by atoms with Crippen LogP contribution in [0.3, 0.4) is 0 Å². The summed E-state index contributed by atoms with van der Waals surface area (Å²) < 4.78 is 23.1. The van der Waals surface area contributed by atoms with Gasteiger partial charge >= 0.3 is 0 Å². The summed E-state index contributed by atoms with van der Waals surface area (Å²) in [6, 6.07) is 31.6. The molecule has 0 aliphatic heterocycles. The van der Waals surface area contributed by atoms with E-state index in [1.54, 1.807) is 14.2 Å². The maximum absolute atomic E-state index is 6.61. The first-order valence-electron chi connectivity index (χ1n) is 11.6. The number of nitrogens with two attached hydrogens (primary N) is 1. The highest BCUT2D eigenvalue weighted by Gasteiger charge is 2.14. The van der Waals surface area contributed by atoms with Gasteiger partial charge in [0.15, 0.2) is 23.0 Å². The number of ether oxygens (including phenoxy) is 4. The second-order valence-corrected chi connectivity index (χ2v) is 8.25. The smallest absolute Gasteiger partial charge is 0.161 e. The molecule has 0 saturated heterocycles. The molecule has 2 N–H and O–H groups in total. The average Bonchev–Trinajstić information content (AvgIpc) is 2.91. The maximum Gasteiger partial charge on any atom is 0.161 e. The Kier molecular flexibility index (Phi) is 8.25. The standard InChI is InChI=1S/C30H31NO4/c1-32-27-15-13-24(18-29(27)34-20-22-9-5-3-6-10-22)17-26(31)25-14-16-28(33-2)30(19-25)35-21-23-11-7-4-8-12-23/h3-16,18-19,26H,17,20-21,31H2,1-2H3/t26-/m0/s1. The minimum absolute atomic E-state index is 0.227. The van der Waals surface area contributed by atoms with Gasteiger partial charge in [-0.1, -0.05) is 72.8 Å². The first-order valence-corrected chi connectivity index (χ1v) is 11.6. The Morgan fingerprint density at radius 2 is 1.09 bits per heavy atom. The van der Waals surface area contributed by atoms with E-state index in [0.29, 0.717) is 42.6 Å². The van der Waals surface area contributed by atoms with E-state index in [2.05, 4.69) is 0 Å². The second kappa shape index (κ2) is 12.0. The summed E-state index contributed by atoms with van der Waals surface area (Å²) in [5, 5.41) is 0. The Morgan fingerprint density at radius 1 is 0.571 bits per heavy atom. The molecule has 4 aromatic rings. The Labute approximate surface area is 207 Å². The molecule has 4 rings (SSSR count).